The summed E-state index contributed by atoms with van der Waals surface area (Å²) in [6.45, 7) is -0.280. The van der Waals surface area contributed by atoms with E-state index in [0.717, 1.165) is 22.3 Å². The standard InChI is InChI=1S/C14H8ClF8N3O/c15-8-6-26(5-7-3-1-2-4-9(7)16)25-10(8)24-11(27)12(17,18)13(19,20)14(21,22)23/h1-4,6H,5H2,(H,24,25,27). The number of hydrogen-bond donors (Lipinski definition) is 1. The Hall–Kier alpha value is -2.37. The van der Waals surface area contributed by atoms with Crippen LogP contribution in [0.3, 0.4) is 0 Å². The summed E-state index contributed by atoms with van der Waals surface area (Å²) in [5, 5.41) is 4.06. The van der Waals surface area contributed by atoms with Gasteiger partial charge in [-0.3, -0.25) is 9.48 Å². The maximum absolute atomic E-state index is 13.6. The second kappa shape index (κ2) is 6.98. The van der Waals surface area contributed by atoms with E-state index in [1.165, 1.54) is 18.2 Å². The maximum Gasteiger partial charge on any atom is 0.460 e. The van der Waals surface area contributed by atoms with Gasteiger partial charge in [0.2, 0.25) is 0 Å². The minimum Gasteiger partial charge on any atom is -0.302 e. The van der Waals surface area contributed by atoms with Gasteiger partial charge in [-0.1, -0.05) is 29.8 Å². The van der Waals surface area contributed by atoms with Crippen molar-refractivity contribution < 1.29 is 39.9 Å². The zero-order chi connectivity index (χ0) is 20.6. The van der Waals surface area contributed by atoms with Crippen LogP contribution in [0.2, 0.25) is 5.02 Å². The van der Waals surface area contributed by atoms with E-state index in [-0.39, 0.29) is 12.1 Å². The molecule has 0 saturated heterocycles. The highest BCUT2D eigenvalue weighted by Crippen LogP contribution is 2.47. The van der Waals surface area contributed by atoms with Crippen molar-refractivity contribution in [3.05, 3.63) is 46.9 Å². The van der Waals surface area contributed by atoms with Crippen LogP contribution in [0.25, 0.3) is 0 Å². The molecule has 1 aromatic heterocycles. The zero-order valence-electron chi connectivity index (χ0n) is 12.8. The molecular formula is C14H8ClF8N3O. The summed E-state index contributed by atoms with van der Waals surface area (Å²) in [4.78, 5) is 11.3. The zero-order valence-corrected chi connectivity index (χ0v) is 13.6. The van der Waals surface area contributed by atoms with Crippen LogP contribution < -0.4 is 5.32 Å². The number of nitrogens with zero attached hydrogens (tertiary/aromatic N) is 2. The van der Waals surface area contributed by atoms with Gasteiger partial charge in [-0.2, -0.15) is 35.8 Å². The predicted molar refractivity (Wildman–Crippen MR) is 77.3 cm³/mol. The molecule has 13 heteroatoms. The van der Waals surface area contributed by atoms with Gasteiger partial charge in [0.05, 0.1) is 6.54 Å². The number of benzene rings is 1. The van der Waals surface area contributed by atoms with E-state index in [4.69, 9.17) is 11.6 Å². The predicted octanol–water partition coefficient (Wildman–Crippen LogP) is 4.50. The van der Waals surface area contributed by atoms with Gasteiger partial charge in [0.1, 0.15) is 10.8 Å². The van der Waals surface area contributed by atoms with Gasteiger partial charge in [0.15, 0.2) is 5.82 Å². The highest BCUT2D eigenvalue weighted by atomic mass is 35.5. The Labute approximate surface area is 150 Å². The van der Waals surface area contributed by atoms with Crippen LogP contribution in [-0.4, -0.2) is 33.7 Å². The van der Waals surface area contributed by atoms with Crippen molar-refractivity contribution in [2.45, 2.75) is 24.6 Å². The second-order valence-electron chi connectivity index (χ2n) is 5.22. The van der Waals surface area contributed by atoms with Crippen molar-refractivity contribution in [1.29, 1.82) is 0 Å². The van der Waals surface area contributed by atoms with Crippen molar-refractivity contribution in [2.24, 2.45) is 0 Å². The first-order chi connectivity index (χ1) is 12.3. The quantitative estimate of drug-likeness (QED) is 0.723. The topological polar surface area (TPSA) is 46.9 Å². The SMILES string of the molecule is O=C(Nc1nn(Cc2ccccc2F)cc1Cl)C(F)(F)C(F)(F)C(F)(F)F. The molecule has 0 bridgehead atoms. The van der Waals surface area contributed by atoms with Gasteiger partial charge >= 0.3 is 23.9 Å². The Morgan fingerprint density at radius 3 is 2.26 bits per heavy atom. The van der Waals surface area contributed by atoms with E-state index in [1.807, 2.05) is 0 Å². The first-order valence-corrected chi connectivity index (χ1v) is 7.25. The molecule has 2 aromatic rings. The summed E-state index contributed by atoms with van der Waals surface area (Å²) in [5.41, 5.74) is 0.0866. The number of anilines is 1. The van der Waals surface area contributed by atoms with Gasteiger partial charge in [0, 0.05) is 11.8 Å². The lowest BCUT2D eigenvalue weighted by atomic mass is 10.1. The van der Waals surface area contributed by atoms with Crippen LogP contribution in [0.4, 0.5) is 40.9 Å². The van der Waals surface area contributed by atoms with Crippen LogP contribution in [0.15, 0.2) is 30.5 Å². The Kier molecular flexibility index (Phi) is 5.41. The van der Waals surface area contributed by atoms with E-state index < -0.39 is 40.6 Å². The van der Waals surface area contributed by atoms with E-state index in [1.54, 1.807) is 0 Å². The summed E-state index contributed by atoms with van der Waals surface area (Å²) in [7, 11) is 0. The number of alkyl halides is 7. The third-order valence-electron chi connectivity index (χ3n) is 3.27. The monoisotopic (exact) mass is 421 g/mol. The van der Waals surface area contributed by atoms with E-state index in [9.17, 15) is 39.9 Å². The summed E-state index contributed by atoms with van der Waals surface area (Å²) < 4.78 is 103. The molecule has 1 amide bonds. The fourth-order valence-corrected chi connectivity index (χ4v) is 2.07. The molecule has 4 nitrogen and oxygen atoms in total. The number of aromatic nitrogens is 2. The molecule has 1 aromatic carbocycles. The van der Waals surface area contributed by atoms with Crippen LogP contribution in [-0.2, 0) is 11.3 Å². The molecule has 1 N–H and O–H groups in total. The fraction of sp³-hybridized carbons (Fsp3) is 0.286. The molecule has 0 unspecified atom stereocenters. The lowest BCUT2D eigenvalue weighted by Crippen LogP contribution is -2.57. The fourth-order valence-electron chi connectivity index (χ4n) is 1.87. The van der Waals surface area contributed by atoms with Crippen molar-refractivity contribution in [3.63, 3.8) is 0 Å². The average Bonchev–Trinajstić information content (AvgIpc) is 2.87. The van der Waals surface area contributed by atoms with Crippen molar-refractivity contribution >= 4 is 23.3 Å². The molecule has 0 saturated carbocycles. The first-order valence-electron chi connectivity index (χ1n) is 6.87. The van der Waals surface area contributed by atoms with Gasteiger partial charge in [-0.25, -0.2) is 4.39 Å². The molecule has 2 rings (SSSR count). The summed E-state index contributed by atoms with van der Waals surface area (Å²) >= 11 is 5.60. The highest BCUT2D eigenvalue weighted by Gasteiger charge is 2.76. The van der Waals surface area contributed by atoms with Gasteiger partial charge in [-0.15, -0.1) is 0 Å². The minimum absolute atomic E-state index is 0.0866. The third-order valence-corrected chi connectivity index (χ3v) is 3.55. The second-order valence-corrected chi connectivity index (χ2v) is 5.62. The summed E-state index contributed by atoms with van der Waals surface area (Å²) in [5.74, 6) is -17.2. The van der Waals surface area contributed by atoms with Crippen LogP contribution in [0.1, 0.15) is 5.56 Å². The number of carbonyl (C=O) groups excluding carboxylic acids is 1. The van der Waals surface area contributed by atoms with Gasteiger partial charge in [0.25, 0.3) is 0 Å². The molecule has 1 heterocycles. The van der Waals surface area contributed by atoms with Crippen LogP contribution >= 0.6 is 11.6 Å². The molecule has 0 fully saturated rings. The molecule has 0 aliphatic carbocycles. The van der Waals surface area contributed by atoms with Crippen LogP contribution in [0.5, 0.6) is 0 Å². The largest absolute Gasteiger partial charge is 0.460 e. The average molecular weight is 422 g/mol. The maximum atomic E-state index is 13.6. The van der Waals surface area contributed by atoms with Crippen LogP contribution in [0, 0.1) is 5.82 Å². The molecule has 27 heavy (non-hydrogen) atoms. The molecule has 0 aliphatic rings. The van der Waals surface area contributed by atoms with Crippen molar-refractivity contribution in [3.8, 4) is 0 Å². The number of rotatable bonds is 5. The first kappa shape index (κ1) is 20.9. The molecule has 148 valence electrons. The normalized spacial score (nSPS) is 12.9. The highest BCUT2D eigenvalue weighted by molar-refractivity contribution is 6.33. The van der Waals surface area contributed by atoms with Gasteiger partial charge < -0.3 is 5.32 Å². The number of carbonyl (C=O) groups is 1. The smallest absolute Gasteiger partial charge is 0.302 e. The summed E-state index contributed by atoms with van der Waals surface area (Å²) in [6, 6.07) is 5.33. The minimum atomic E-state index is -6.66. The molecule has 0 aliphatic heterocycles. The molecular weight excluding hydrogens is 414 g/mol. The van der Waals surface area contributed by atoms with E-state index >= 15 is 0 Å². The number of halogens is 9. The lowest BCUT2D eigenvalue weighted by Gasteiger charge is -2.26. The Bertz CT molecular complexity index is 849. The third kappa shape index (κ3) is 3.99. The Morgan fingerprint density at radius 2 is 1.70 bits per heavy atom. The summed E-state index contributed by atoms with van der Waals surface area (Å²) in [6.07, 6.45) is -5.73. The molecule has 0 spiro atoms. The van der Waals surface area contributed by atoms with E-state index in [2.05, 4.69) is 5.10 Å². The number of nitrogens with one attached hydrogen (secondary N) is 1. The number of amides is 1. The Morgan fingerprint density at radius 1 is 1.11 bits per heavy atom. The number of hydrogen-bond acceptors (Lipinski definition) is 2. The Balaban J connectivity index is 2.22. The van der Waals surface area contributed by atoms with Crippen molar-refractivity contribution in [2.75, 3.05) is 5.32 Å². The molecule has 0 radical (unpaired) electrons. The molecule has 0 atom stereocenters. The van der Waals surface area contributed by atoms with Crippen molar-refractivity contribution in [1.82, 2.24) is 9.78 Å². The van der Waals surface area contributed by atoms with Gasteiger partial charge in [-0.05, 0) is 6.07 Å². The lowest BCUT2D eigenvalue weighted by molar-refractivity contribution is -0.343. The van der Waals surface area contributed by atoms with E-state index in [0.29, 0.717) is 0 Å².